The molecular weight excluding hydrogens is 304 g/mol. The molecule has 2 heterocycles. The van der Waals surface area contributed by atoms with Gasteiger partial charge in [0.2, 0.25) is 0 Å². The second-order valence-corrected chi connectivity index (χ2v) is 9.00. The highest BCUT2D eigenvalue weighted by molar-refractivity contribution is 8.11. The quantitative estimate of drug-likeness (QED) is 0.691. The number of ether oxygens (including phenoxy) is 1. The highest BCUT2D eigenvalue weighted by Gasteiger charge is 2.51. The lowest BCUT2D eigenvalue weighted by molar-refractivity contribution is 0.0101. The summed E-state index contributed by atoms with van der Waals surface area (Å²) in [6.07, 6.45) is 1.88. The minimum Gasteiger partial charge on any atom is -0.444 e. The fourth-order valence-corrected chi connectivity index (χ4v) is 4.03. The molecule has 1 unspecified atom stereocenters. The highest BCUT2D eigenvalue weighted by Crippen LogP contribution is 2.39. The van der Waals surface area contributed by atoms with Gasteiger partial charge in [-0.1, -0.05) is 0 Å². The van der Waals surface area contributed by atoms with E-state index in [0.717, 1.165) is 12.8 Å². The SMILES string of the molecule is CC(C)(C)OC(=O)N1CCCC12CCN(S(=O)(=O)Cl)C2. The second-order valence-electron chi connectivity index (χ2n) is 6.49. The Morgan fingerprint density at radius 2 is 1.90 bits per heavy atom. The van der Waals surface area contributed by atoms with Crippen LogP contribution in [0.5, 0.6) is 0 Å². The van der Waals surface area contributed by atoms with Gasteiger partial charge in [0.05, 0.1) is 5.54 Å². The summed E-state index contributed by atoms with van der Waals surface area (Å²) in [6, 6.07) is 0. The summed E-state index contributed by atoms with van der Waals surface area (Å²) in [5.41, 5.74) is -1.01. The monoisotopic (exact) mass is 324 g/mol. The fourth-order valence-electron chi connectivity index (χ4n) is 2.97. The maximum atomic E-state index is 12.3. The number of hydrogen-bond acceptors (Lipinski definition) is 4. The lowest BCUT2D eigenvalue weighted by Crippen LogP contribution is -2.50. The van der Waals surface area contributed by atoms with Gasteiger partial charge in [-0.15, -0.1) is 0 Å². The largest absolute Gasteiger partial charge is 0.444 e. The molecule has 2 fully saturated rings. The third kappa shape index (κ3) is 3.20. The lowest BCUT2D eigenvalue weighted by atomic mass is 9.95. The standard InChI is InChI=1S/C12H21ClN2O4S/c1-11(2,3)19-10(16)15-7-4-5-12(15)6-8-14(9-12)20(13,17)18/h4-9H2,1-3H3. The molecule has 8 heteroatoms. The maximum absolute atomic E-state index is 12.3. The van der Waals surface area contributed by atoms with Gasteiger partial charge < -0.3 is 9.64 Å². The van der Waals surface area contributed by atoms with E-state index in [1.807, 2.05) is 20.8 Å². The van der Waals surface area contributed by atoms with E-state index in [1.165, 1.54) is 4.31 Å². The Labute approximate surface area is 124 Å². The van der Waals surface area contributed by atoms with E-state index in [1.54, 1.807) is 4.90 Å². The Hall–Kier alpha value is -0.530. The first kappa shape index (κ1) is 15.9. The molecular formula is C12H21ClN2O4S. The number of hydrogen-bond donors (Lipinski definition) is 0. The van der Waals surface area contributed by atoms with Crippen LogP contribution in [0.4, 0.5) is 4.79 Å². The molecule has 0 aliphatic carbocycles. The van der Waals surface area contributed by atoms with E-state index in [-0.39, 0.29) is 12.6 Å². The molecule has 1 atom stereocenters. The summed E-state index contributed by atoms with van der Waals surface area (Å²) in [4.78, 5) is 14.0. The van der Waals surface area contributed by atoms with Crippen molar-refractivity contribution in [3.05, 3.63) is 0 Å². The summed E-state index contributed by atoms with van der Waals surface area (Å²) in [6.45, 7) is 6.67. The number of nitrogens with zero attached hydrogens (tertiary/aromatic N) is 2. The van der Waals surface area contributed by atoms with E-state index >= 15 is 0 Å². The van der Waals surface area contributed by atoms with Crippen molar-refractivity contribution >= 4 is 26.0 Å². The first-order valence-corrected chi connectivity index (χ1v) is 9.01. The lowest BCUT2D eigenvalue weighted by Gasteiger charge is -2.36. The van der Waals surface area contributed by atoms with E-state index in [0.29, 0.717) is 19.5 Å². The average Bonchev–Trinajstić information content (AvgIpc) is 2.83. The topological polar surface area (TPSA) is 66.9 Å². The molecule has 116 valence electrons. The summed E-state index contributed by atoms with van der Waals surface area (Å²) < 4.78 is 29.5. The molecule has 0 saturated carbocycles. The maximum Gasteiger partial charge on any atom is 0.410 e. The number of carbonyl (C=O) groups is 1. The zero-order valence-corrected chi connectivity index (χ0v) is 13.6. The van der Waals surface area contributed by atoms with E-state index in [4.69, 9.17) is 15.4 Å². The van der Waals surface area contributed by atoms with Crippen molar-refractivity contribution in [3.63, 3.8) is 0 Å². The predicted molar refractivity (Wildman–Crippen MR) is 75.9 cm³/mol. The molecule has 0 aromatic carbocycles. The van der Waals surface area contributed by atoms with Gasteiger partial charge in [0.25, 0.3) is 9.24 Å². The number of carbonyl (C=O) groups excluding carboxylic acids is 1. The molecule has 0 aromatic heterocycles. The fraction of sp³-hybridized carbons (Fsp3) is 0.917. The molecule has 2 aliphatic heterocycles. The van der Waals surface area contributed by atoms with Crippen molar-refractivity contribution in [2.75, 3.05) is 19.6 Å². The molecule has 0 bridgehead atoms. The van der Waals surface area contributed by atoms with Crippen LogP contribution < -0.4 is 0 Å². The molecule has 20 heavy (non-hydrogen) atoms. The van der Waals surface area contributed by atoms with Crippen LogP contribution in [-0.4, -0.2) is 54.5 Å². The normalized spacial score (nSPS) is 28.3. The van der Waals surface area contributed by atoms with Crippen LogP contribution in [0.1, 0.15) is 40.0 Å². The first-order chi connectivity index (χ1) is 9.04. The van der Waals surface area contributed by atoms with Crippen LogP contribution in [0.2, 0.25) is 0 Å². The molecule has 0 N–H and O–H groups in total. The average molecular weight is 325 g/mol. The van der Waals surface area contributed by atoms with Crippen LogP contribution >= 0.6 is 10.7 Å². The third-order valence-corrected chi connectivity index (χ3v) is 5.33. The Balaban J connectivity index is 2.14. The van der Waals surface area contributed by atoms with Gasteiger partial charge in [0, 0.05) is 30.3 Å². The summed E-state index contributed by atoms with van der Waals surface area (Å²) in [5, 5.41) is 0. The Kier molecular flexibility index (Phi) is 3.99. The molecule has 2 rings (SSSR count). The predicted octanol–water partition coefficient (Wildman–Crippen LogP) is 1.95. The first-order valence-electron chi connectivity index (χ1n) is 6.74. The molecule has 1 spiro atoms. The molecule has 2 aliphatic rings. The number of rotatable bonds is 1. The molecule has 0 radical (unpaired) electrons. The highest BCUT2D eigenvalue weighted by atomic mass is 35.7. The van der Waals surface area contributed by atoms with Gasteiger partial charge in [0.15, 0.2) is 0 Å². The van der Waals surface area contributed by atoms with Gasteiger partial charge in [-0.3, -0.25) is 0 Å². The van der Waals surface area contributed by atoms with Crippen LogP contribution in [0.25, 0.3) is 0 Å². The van der Waals surface area contributed by atoms with Gasteiger partial charge in [-0.25, -0.2) is 4.79 Å². The molecule has 6 nitrogen and oxygen atoms in total. The Morgan fingerprint density at radius 3 is 2.40 bits per heavy atom. The van der Waals surface area contributed by atoms with Gasteiger partial charge in [-0.05, 0) is 40.0 Å². The third-order valence-electron chi connectivity index (χ3n) is 3.82. The zero-order valence-electron chi connectivity index (χ0n) is 12.1. The van der Waals surface area contributed by atoms with E-state index in [2.05, 4.69) is 0 Å². The molecule has 1 amide bonds. The van der Waals surface area contributed by atoms with Gasteiger partial charge >= 0.3 is 6.09 Å². The Morgan fingerprint density at radius 1 is 1.25 bits per heavy atom. The van der Waals surface area contributed by atoms with Gasteiger partial charge in [0.1, 0.15) is 5.60 Å². The number of likely N-dealkylation sites (tertiary alicyclic amines) is 1. The van der Waals surface area contributed by atoms with E-state index < -0.39 is 20.4 Å². The summed E-state index contributed by atoms with van der Waals surface area (Å²) >= 11 is 0. The number of halogens is 1. The van der Waals surface area contributed by atoms with E-state index in [9.17, 15) is 13.2 Å². The van der Waals surface area contributed by atoms with Crippen molar-refractivity contribution < 1.29 is 17.9 Å². The zero-order chi connectivity index (χ0) is 15.2. The van der Waals surface area contributed by atoms with Crippen LogP contribution in [0.3, 0.4) is 0 Å². The van der Waals surface area contributed by atoms with Crippen molar-refractivity contribution in [2.45, 2.75) is 51.2 Å². The summed E-state index contributed by atoms with van der Waals surface area (Å²) in [7, 11) is 1.67. The van der Waals surface area contributed by atoms with Gasteiger partial charge in [-0.2, -0.15) is 12.7 Å². The molecule has 0 aromatic rings. The van der Waals surface area contributed by atoms with Crippen molar-refractivity contribution in [1.29, 1.82) is 0 Å². The minimum absolute atomic E-state index is 0.262. The van der Waals surface area contributed by atoms with Crippen molar-refractivity contribution in [3.8, 4) is 0 Å². The second kappa shape index (κ2) is 5.03. The van der Waals surface area contributed by atoms with Crippen molar-refractivity contribution in [1.82, 2.24) is 9.21 Å². The minimum atomic E-state index is -3.72. The van der Waals surface area contributed by atoms with Crippen LogP contribution in [0.15, 0.2) is 0 Å². The molecule has 2 saturated heterocycles. The number of amides is 1. The Bertz CT molecular complexity index is 502. The van der Waals surface area contributed by atoms with Crippen LogP contribution in [-0.2, 0) is 14.0 Å². The smallest absolute Gasteiger partial charge is 0.410 e. The van der Waals surface area contributed by atoms with Crippen molar-refractivity contribution in [2.24, 2.45) is 0 Å². The van der Waals surface area contributed by atoms with Crippen LogP contribution in [0, 0.1) is 0 Å². The summed E-state index contributed by atoms with van der Waals surface area (Å²) in [5.74, 6) is 0.